The minimum absolute atomic E-state index is 0. The third kappa shape index (κ3) is 4.29. The molecule has 0 saturated carbocycles. The molecule has 8 nitrogen and oxygen atoms in total. The van der Waals surface area contributed by atoms with Crippen molar-refractivity contribution in [3.8, 4) is 0 Å². The average Bonchev–Trinajstić information content (AvgIpc) is 2.45. The van der Waals surface area contributed by atoms with E-state index in [0.29, 0.717) is 5.39 Å². The monoisotopic (exact) mass is 364 g/mol. The van der Waals surface area contributed by atoms with E-state index < -0.39 is 30.0 Å². The maximum Gasteiger partial charge on any atom is 1.00 e. The van der Waals surface area contributed by atoms with Gasteiger partial charge in [-0.3, -0.25) is 0 Å². The van der Waals surface area contributed by atoms with Crippen LogP contribution in [0.4, 0.5) is 0 Å². The quantitative estimate of drug-likeness (QED) is 0.297. The van der Waals surface area contributed by atoms with E-state index in [0.717, 1.165) is 6.07 Å². The first-order chi connectivity index (χ1) is 9.33. The normalized spacial score (nSPS) is 11.5. The van der Waals surface area contributed by atoms with Crippen LogP contribution < -0.4 is 69.6 Å². The van der Waals surface area contributed by atoms with Crippen LogP contribution in [-0.2, 0) is 28.9 Å². The summed E-state index contributed by atoms with van der Waals surface area (Å²) in [6.45, 7) is 0. The van der Waals surface area contributed by atoms with Crippen molar-refractivity contribution in [2.24, 2.45) is 0 Å². The Kier molecular flexibility index (Phi) is 8.68. The molecule has 0 amide bonds. The van der Waals surface area contributed by atoms with Gasteiger partial charge in [0.05, 0.1) is 0 Å². The molecule has 2 aromatic rings. The number of rotatable bonds is 4. The predicted molar refractivity (Wildman–Crippen MR) is 60.5 cm³/mol. The van der Waals surface area contributed by atoms with Gasteiger partial charge in [-0.05, 0) is 11.5 Å². The molecule has 0 radical (unpaired) electrons. The van der Waals surface area contributed by atoms with E-state index >= 15 is 0 Å². The third-order valence-corrected chi connectivity index (χ3v) is 4.85. The second kappa shape index (κ2) is 8.51. The first kappa shape index (κ1) is 22.4. The van der Waals surface area contributed by atoms with Gasteiger partial charge in [0, 0.05) is 5.39 Å². The molecule has 0 saturated heterocycles. The summed E-state index contributed by atoms with van der Waals surface area (Å²) in [5.41, 5.74) is 0. The zero-order valence-corrected chi connectivity index (χ0v) is 17.2. The Morgan fingerprint density at radius 3 is 1.86 bits per heavy atom. The van der Waals surface area contributed by atoms with Gasteiger partial charge in [0.1, 0.15) is 9.79 Å². The van der Waals surface area contributed by atoms with E-state index in [1.54, 1.807) is 6.07 Å². The van der Waals surface area contributed by atoms with E-state index in [1.807, 2.05) is 0 Å². The molecule has 12 heteroatoms. The van der Waals surface area contributed by atoms with Crippen molar-refractivity contribution in [2.45, 2.75) is 9.79 Å². The summed E-state index contributed by atoms with van der Waals surface area (Å²) in [5, 5.41) is 20.9. The SMILES string of the molecule is O=S(=O)(O[O-])c1ccc2ccccc2c1S(=O)(=O)O[O-].[Na+].[Na+]. The van der Waals surface area contributed by atoms with Crippen molar-refractivity contribution in [2.75, 3.05) is 0 Å². The third-order valence-electron chi connectivity index (χ3n) is 2.54. The number of benzene rings is 2. The molecule has 0 spiro atoms. The van der Waals surface area contributed by atoms with Crippen LogP contribution in [0.25, 0.3) is 10.8 Å². The van der Waals surface area contributed by atoms with E-state index in [2.05, 4.69) is 8.67 Å². The summed E-state index contributed by atoms with van der Waals surface area (Å²) in [4.78, 5) is -1.89. The Hall–Kier alpha value is 0.440. The maximum atomic E-state index is 11.6. The maximum absolute atomic E-state index is 11.6. The fourth-order valence-electron chi connectivity index (χ4n) is 1.75. The van der Waals surface area contributed by atoms with Crippen LogP contribution in [0.2, 0.25) is 0 Å². The first-order valence-electron chi connectivity index (χ1n) is 4.98. The first-order valence-corrected chi connectivity index (χ1v) is 7.80. The number of fused-ring (bicyclic) bond motifs is 1. The Morgan fingerprint density at radius 2 is 1.32 bits per heavy atom. The largest absolute Gasteiger partial charge is 1.00 e. The van der Waals surface area contributed by atoms with E-state index in [-0.39, 0.29) is 64.5 Å². The van der Waals surface area contributed by atoms with Crippen LogP contribution >= 0.6 is 0 Å². The summed E-state index contributed by atoms with van der Waals surface area (Å²) < 4.78 is 52.4. The molecule has 22 heavy (non-hydrogen) atoms. The van der Waals surface area contributed by atoms with Crippen molar-refractivity contribution in [1.29, 1.82) is 0 Å². The molecule has 0 atom stereocenters. The fourth-order valence-corrected chi connectivity index (χ4v) is 3.84. The van der Waals surface area contributed by atoms with Crippen molar-refractivity contribution >= 4 is 31.0 Å². The number of hydrogen-bond donors (Lipinski definition) is 0. The van der Waals surface area contributed by atoms with Gasteiger partial charge in [-0.2, -0.15) is 16.8 Å². The molecule has 108 valence electrons. The van der Waals surface area contributed by atoms with Crippen molar-refractivity contribution in [1.82, 2.24) is 0 Å². The summed E-state index contributed by atoms with van der Waals surface area (Å²) in [5.74, 6) is 0. The van der Waals surface area contributed by atoms with Crippen LogP contribution in [0.1, 0.15) is 0 Å². The topological polar surface area (TPSA) is 133 Å². The van der Waals surface area contributed by atoms with Gasteiger partial charge < -0.3 is 19.2 Å². The molecular weight excluding hydrogens is 358 g/mol. The molecule has 0 aliphatic carbocycles. The fraction of sp³-hybridized carbons (Fsp3) is 0. The van der Waals surface area contributed by atoms with Gasteiger partial charge in [-0.15, -0.1) is 0 Å². The van der Waals surface area contributed by atoms with E-state index in [4.69, 9.17) is 0 Å². The molecule has 0 aliphatic heterocycles. The van der Waals surface area contributed by atoms with Gasteiger partial charge in [-0.1, -0.05) is 30.3 Å². The molecule has 0 N–H and O–H groups in total. The molecular formula is C10H6Na2O8S2. The second-order valence-electron chi connectivity index (χ2n) is 3.66. The smallest absolute Gasteiger partial charge is 0.707 e. The minimum Gasteiger partial charge on any atom is -0.707 e. The Morgan fingerprint density at radius 1 is 0.773 bits per heavy atom. The standard InChI is InChI=1S/C10H8O8S2.2Na/c11-17-19(13,14)9-6-5-7-3-1-2-4-8(7)10(9)20(15,16)18-12;;/h1-6,11-12H;;/q;2*+1/p-2. The zero-order valence-electron chi connectivity index (χ0n) is 11.5. The summed E-state index contributed by atoms with van der Waals surface area (Å²) in [6.07, 6.45) is 0. The molecule has 0 aromatic heterocycles. The second-order valence-corrected chi connectivity index (χ2v) is 6.60. The van der Waals surface area contributed by atoms with Gasteiger partial charge in [0.2, 0.25) is 0 Å². The van der Waals surface area contributed by atoms with E-state index in [9.17, 15) is 27.4 Å². The van der Waals surface area contributed by atoms with Crippen LogP contribution in [0, 0.1) is 0 Å². The molecule has 0 heterocycles. The molecule has 2 aromatic carbocycles. The molecule has 0 fully saturated rings. The van der Waals surface area contributed by atoms with Crippen molar-refractivity contribution in [3.05, 3.63) is 36.4 Å². The molecule has 0 unspecified atom stereocenters. The average molecular weight is 364 g/mol. The zero-order chi connectivity index (χ0) is 15.0. The van der Waals surface area contributed by atoms with Crippen LogP contribution in [0.5, 0.6) is 0 Å². The summed E-state index contributed by atoms with van der Waals surface area (Å²) in [7, 11) is -9.77. The van der Waals surface area contributed by atoms with Gasteiger partial charge >= 0.3 is 59.1 Å². The van der Waals surface area contributed by atoms with Crippen LogP contribution in [-0.4, -0.2) is 16.8 Å². The molecule has 2 rings (SSSR count). The Labute approximate surface area is 170 Å². The van der Waals surface area contributed by atoms with Gasteiger partial charge in [-0.25, -0.2) is 0 Å². The van der Waals surface area contributed by atoms with Gasteiger partial charge in [0.15, 0.2) is 0 Å². The van der Waals surface area contributed by atoms with Crippen LogP contribution in [0.3, 0.4) is 0 Å². The van der Waals surface area contributed by atoms with Crippen molar-refractivity contribution < 1.29 is 95.1 Å². The molecule has 0 aliphatic rings. The Bertz CT molecular complexity index is 864. The Balaban J connectivity index is 0.00000220. The minimum atomic E-state index is -4.90. The van der Waals surface area contributed by atoms with Crippen molar-refractivity contribution in [3.63, 3.8) is 0 Å². The predicted octanol–water partition coefficient (Wildman–Crippen LogP) is -7.19. The molecule has 0 bridgehead atoms. The van der Waals surface area contributed by atoms with E-state index in [1.165, 1.54) is 24.3 Å². The summed E-state index contributed by atoms with van der Waals surface area (Å²) in [6, 6.07) is 7.89. The van der Waals surface area contributed by atoms with Crippen LogP contribution in [0.15, 0.2) is 46.2 Å². The summed E-state index contributed by atoms with van der Waals surface area (Å²) >= 11 is 0. The number of hydrogen-bond acceptors (Lipinski definition) is 8. The van der Waals surface area contributed by atoms with Gasteiger partial charge in [0.25, 0.3) is 20.2 Å².